The Bertz CT molecular complexity index is 804. The summed E-state index contributed by atoms with van der Waals surface area (Å²) in [5.74, 6) is -0.0127. The Morgan fingerprint density at radius 2 is 2.00 bits per heavy atom. The third kappa shape index (κ3) is 4.15. The van der Waals surface area contributed by atoms with Crippen molar-refractivity contribution in [2.45, 2.75) is 46.5 Å². The van der Waals surface area contributed by atoms with Gasteiger partial charge < -0.3 is 10.1 Å². The van der Waals surface area contributed by atoms with Gasteiger partial charge in [0.1, 0.15) is 4.88 Å². The lowest BCUT2D eigenvalue weighted by molar-refractivity contribution is -0.119. The van der Waals surface area contributed by atoms with Crippen molar-refractivity contribution in [1.29, 1.82) is 0 Å². The van der Waals surface area contributed by atoms with Gasteiger partial charge in [-0.3, -0.25) is 4.79 Å². The van der Waals surface area contributed by atoms with Crippen LogP contribution in [0.5, 0.6) is 0 Å². The zero-order valence-electron chi connectivity index (χ0n) is 15.6. The molecular weight excluding hydrogens is 346 g/mol. The van der Waals surface area contributed by atoms with E-state index in [-0.39, 0.29) is 12.5 Å². The number of amides is 1. The van der Waals surface area contributed by atoms with Crippen LogP contribution >= 0.6 is 11.3 Å². The van der Waals surface area contributed by atoms with Crippen molar-refractivity contribution in [3.05, 3.63) is 50.7 Å². The van der Waals surface area contributed by atoms with Crippen molar-refractivity contribution < 1.29 is 14.3 Å². The topological polar surface area (TPSA) is 55.4 Å². The fourth-order valence-electron chi connectivity index (χ4n) is 3.44. The van der Waals surface area contributed by atoms with Crippen LogP contribution in [0, 0.1) is 19.8 Å². The molecule has 0 fully saturated rings. The molecule has 1 heterocycles. The second-order valence-electron chi connectivity index (χ2n) is 6.97. The van der Waals surface area contributed by atoms with Crippen molar-refractivity contribution >= 4 is 28.9 Å². The van der Waals surface area contributed by atoms with Gasteiger partial charge in [-0.1, -0.05) is 31.5 Å². The highest BCUT2D eigenvalue weighted by molar-refractivity contribution is 7.14. The van der Waals surface area contributed by atoms with Crippen LogP contribution < -0.4 is 5.32 Å². The average Bonchev–Trinajstić information content (AvgIpc) is 3.06. The molecule has 1 aliphatic carbocycles. The summed E-state index contributed by atoms with van der Waals surface area (Å²) in [5, 5.41) is 2.83. The van der Waals surface area contributed by atoms with Crippen LogP contribution in [0.25, 0.3) is 0 Å². The summed E-state index contributed by atoms with van der Waals surface area (Å²) in [6, 6.07) is 7.78. The van der Waals surface area contributed by atoms with E-state index in [1.807, 2.05) is 38.1 Å². The van der Waals surface area contributed by atoms with Crippen molar-refractivity contribution in [2.75, 3.05) is 11.9 Å². The van der Waals surface area contributed by atoms with Gasteiger partial charge in [0.25, 0.3) is 5.91 Å². The summed E-state index contributed by atoms with van der Waals surface area (Å²) < 4.78 is 5.23. The van der Waals surface area contributed by atoms with Gasteiger partial charge in [-0.2, -0.15) is 0 Å². The molecule has 26 heavy (non-hydrogen) atoms. The van der Waals surface area contributed by atoms with E-state index in [1.54, 1.807) is 0 Å². The molecular formula is C21H25NO3S. The molecule has 4 nitrogen and oxygen atoms in total. The maximum atomic E-state index is 12.3. The number of carbonyl (C=O) groups is 2. The minimum absolute atomic E-state index is 0.271. The zero-order valence-corrected chi connectivity index (χ0v) is 16.4. The molecule has 0 aliphatic heterocycles. The Morgan fingerprint density at radius 1 is 1.27 bits per heavy atom. The Morgan fingerprint density at radius 3 is 2.69 bits per heavy atom. The molecule has 0 unspecified atom stereocenters. The van der Waals surface area contributed by atoms with E-state index in [9.17, 15) is 9.59 Å². The Hall–Kier alpha value is -2.14. The molecule has 5 heteroatoms. The molecule has 0 spiro atoms. The second kappa shape index (κ2) is 8.04. The summed E-state index contributed by atoms with van der Waals surface area (Å²) in [6.07, 6.45) is 4.45. The Labute approximate surface area is 158 Å². The third-order valence-corrected chi connectivity index (χ3v) is 6.26. The highest BCUT2D eigenvalue weighted by Crippen LogP contribution is 2.33. The standard InChI is InChI=1S/C21H25NO3S/c1-4-15-8-9-17-16(10-15)11-18(26-17)21(24)25-12-19(23)22-20-13(2)6-5-7-14(20)3/h5-7,11,15H,4,8-10,12H2,1-3H3,(H,22,23)/t15-/m0/s1. The van der Waals surface area contributed by atoms with Crippen molar-refractivity contribution in [2.24, 2.45) is 5.92 Å². The molecule has 3 rings (SSSR count). The fraction of sp³-hybridized carbons (Fsp3) is 0.429. The van der Waals surface area contributed by atoms with Crippen molar-refractivity contribution in [3.63, 3.8) is 0 Å². The molecule has 0 radical (unpaired) electrons. The predicted molar refractivity (Wildman–Crippen MR) is 105 cm³/mol. The van der Waals surface area contributed by atoms with Crippen LogP contribution in [0.3, 0.4) is 0 Å². The molecule has 0 saturated carbocycles. The highest BCUT2D eigenvalue weighted by Gasteiger charge is 2.23. The number of thiophene rings is 1. The normalized spacial score (nSPS) is 16.0. The molecule has 0 bridgehead atoms. The lowest BCUT2D eigenvalue weighted by Gasteiger charge is -2.19. The first kappa shape index (κ1) is 18.6. The van der Waals surface area contributed by atoms with Crippen molar-refractivity contribution in [3.8, 4) is 0 Å². The number of anilines is 1. The van der Waals surface area contributed by atoms with Crippen LogP contribution in [0.15, 0.2) is 24.3 Å². The minimum atomic E-state index is -0.408. The SMILES string of the molecule is CC[C@H]1CCc2sc(C(=O)OCC(=O)Nc3c(C)cccc3C)cc2C1. The number of esters is 1. The van der Waals surface area contributed by atoms with Gasteiger partial charge in [-0.25, -0.2) is 4.79 Å². The highest BCUT2D eigenvalue weighted by atomic mass is 32.1. The molecule has 138 valence electrons. The molecule has 1 N–H and O–H groups in total. The maximum Gasteiger partial charge on any atom is 0.348 e. The van der Waals surface area contributed by atoms with Crippen LogP contribution in [0.4, 0.5) is 5.69 Å². The van der Waals surface area contributed by atoms with Gasteiger partial charge in [0.15, 0.2) is 6.61 Å². The molecule has 1 aromatic heterocycles. The van der Waals surface area contributed by atoms with Crippen LogP contribution in [0.2, 0.25) is 0 Å². The first-order chi connectivity index (χ1) is 12.5. The Kier molecular flexibility index (Phi) is 5.77. The number of benzene rings is 1. The fourth-order valence-corrected chi connectivity index (χ4v) is 4.54. The maximum absolute atomic E-state index is 12.3. The van der Waals surface area contributed by atoms with Crippen LogP contribution in [-0.4, -0.2) is 18.5 Å². The van der Waals surface area contributed by atoms with Crippen LogP contribution in [-0.2, 0) is 22.4 Å². The van der Waals surface area contributed by atoms with Crippen molar-refractivity contribution in [1.82, 2.24) is 0 Å². The quantitative estimate of drug-likeness (QED) is 0.777. The molecule has 1 atom stereocenters. The number of ether oxygens (including phenoxy) is 1. The monoisotopic (exact) mass is 371 g/mol. The lowest BCUT2D eigenvalue weighted by atomic mass is 9.87. The van der Waals surface area contributed by atoms with E-state index >= 15 is 0 Å². The number of para-hydroxylation sites is 1. The number of hydrogen-bond acceptors (Lipinski definition) is 4. The number of hydrogen-bond donors (Lipinski definition) is 1. The first-order valence-electron chi connectivity index (χ1n) is 9.12. The molecule has 1 aliphatic rings. The number of carbonyl (C=O) groups excluding carboxylic acids is 2. The van der Waals surface area contributed by atoms with E-state index in [0.717, 1.165) is 29.7 Å². The Balaban J connectivity index is 1.57. The zero-order chi connectivity index (χ0) is 18.7. The molecule has 1 aromatic carbocycles. The molecule has 0 saturated heterocycles. The average molecular weight is 372 g/mol. The summed E-state index contributed by atoms with van der Waals surface area (Å²) in [7, 11) is 0. The largest absolute Gasteiger partial charge is 0.451 e. The predicted octanol–water partition coefficient (Wildman–Crippen LogP) is 4.68. The third-order valence-electron chi connectivity index (χ3n) is 5.04. The van der Waals surface area contributed by atoms with Gasteiger partial charge in [0, 0.05) is 10.6 Å². The molecule has 1 amide bonds. The van der Waals surface area contributed by atoms with Gasteiger partial charge >= 0.3 is 5.97 Å². The van der Waals surface area contributed by atoms with Gasteiger partial charge in [-0.05, 0) is 61.8 Å². The summed E-state index contributed by atoms with van der Waals surface area (Å²) in [4.78, 5) is 26.4. The molecule has 2 aromatic rings. The summed E-state index contributed by atoms with van der Waals surface area (Å²) in [6.45, 7) is 5.82. The van der Waals surface area contributed by atoms with E-state index in [2.05, 4.69) is 12.2 Å². The first-order valence-corrected chi connectivity index (χ1v) is 9.94. The number of rotatable bonds is 5. The van der Waals surface area contributed by atoms with Gasteiger partial charge in [0.05, 0.1) is 0 Å². The lowest BCUT2D eigenvalue weighted by Crippen LogP contribution is -2.21. The summed E-state index contributed by atoms with van der Waals surface area (Å²) >= 11 is 1.51. The number of aryl methyl sites for hydroxylation is 3. The second-order valence-corrected chi connectivity index (χ2v) is 8.10. The van der Waals surface area contributed by atoms with E-state index < -0.39 is 5.97 Å². The smallest absolute Gasteiger partial charge is 0.348 e. The van der Waals surface area contributed by atoms with Gasteiger partial charge in [-0.15, -0.1) is 11.3 Å². The summed E-state index contributed by atoms with van der Waals surface area (Å²) in [5.41, 5.74) is 4.04. The van der Waals surface area contributed by atoms with E-state index in [4.69, 9.17) is 4.74 Å². The van der Waals surface area contributed by atoms with E-state index in [1.165, 1.54) is 34.6 Å². The number of fused-ring (bicyclic) bond motifs is 1. The number of nitrogens with one attached hydrogen (secondary N) is 1. The minimum Gasteiger partial charge on any atom is -0.451 e. The van der Waals surface area contributed by atoms with Crippen LogP contribution in [0.1, 0.15) is 51.0 Å². The van der Waals surface area contributed by atoms with Gasteiger partial charge in [0.2, 0.25) is 0 Å². The van der Waals surface area contributed by atoms with E-state index in [0.29, 0.717) is 10.8 Å².